The highest BCUT2D eigenvalue weighted by Gasteiger charge is 2.74. The molecule has 2 aromatic carbocycles. The Bertz CT molecular complexity index is 1590. The fourth-order valence-corrected chi connectivity index (χ4v) is 9.93. The zero-order chi connectivity index (χ0) is 34.5. The Morgan fingerprint density at radius 1 is 0.978 bits per heavy atom. The van der Waals surface area contributed by atoms with Gasteiger partial charge in [-0.05, 0) is 73.9 Å². The van der Waals surface area contributed by atoms with Gasteiger partial charge in [0.05, 0.1) is 10.9 Å². The summed E-state index contributed by atoms with van der Waals surface area (Å²) in [6.45, 7) is 3.23. The van der Waals surface area contributed by atoms with E-state index >= 15 is 4.39 Å². The number of likely N-dealkylation sites (tertiary alicyclic amines) is 1. The summed E-state index contributed by atoms with van der Waals surface area (Å²) in [5.74, 6) is -0.210. The Morgan fingerprint density at radius 3 is 2.11 bits per heavy atom. The molecule has 0 spiro atoms. The number of aryl methyl sites for hydroxylation is 2. The lowest BCUT2D eigenvalue weighted by molar-refractivity contribution is -0.348. The molecule has 0 bridgehead atoms. The fraction of sp³-hybridized carbons (Fsp3) is 0.548. The number of rotatable bonds is 4. The van der Waals surface area contributed by atoms with Gasteiger partial charge in [0.1, 0.15) is 4.75 Å². The maximum Gasteiger partial charge on any atom is 0.435 e. The van der Waals surface area contributed by atoms with E-state index in [0.717, 1.165) is 25.3 Å². The highest BCUT2D eigenvalue weighted by Crippen LogP contribution is 2.57. The van der Waals surface area contributed by atoms with E-state index in [-0.39, 0.29) is 54.2 Å². The Kier molecular flexibility index (Phi) is 9.62. The molecule has 1 aliphatic heterocycles. The number of carbonyl (C=O) groups is 2. The number of fused-ring (bicyclic) bond motifs is 3. The van der Waals surface area contributed by atoms with Crippen molar-refractivity contribution in [2.24, 2.45) is 5.41 Å². The molecule has 1 N–H and O–H groups in total. The van der Waals surface area contributed by atoms with E-state index in [9.17, 15) is 39.6 Å². The first-order valence-electron chi connectivity index (χ1n) is 14.6. The maximum atomic E-state index is 15.0. The molecule has 6 nitrogen and oxygen atoms in total. The molecule has 15 heteroatoms. The molecule has 1 heterocycles. The number of halogens is 8. The van der Waals surface area contributed by atoms with Crippen molar-refractivity contribution >= 4 is 33.8 Å². The number of nitrogens with zero attached hydrogens (tertiary/aromatic N) is 1. The predicted molar refractivity (Wildman–Crippen MR) is 155 cm³/mol. The van der Waals surface area contributed by atoms with Crippen LogP contribution >= 0.6 is 11.6 Å². The number of carboxylic acid groups (broad SMARTS) is 1. The Morgan fingerprint density at radius 2 is 1.57 bits per heavy atom. The minimum absolute atomic E-state index is 0.0177. The smallest absolute Gasteiger partial charge is 0.435 e. The lowest BCUT2D eigenvalue weighted by Gasteiger charge is -2.45. The van der Waals surface area contributed by atoms with Gasteiger partial charge >= 0.3 is 18.0 Å². The van der Waals surface area contributed by atoms with E-state index in [1.165, 1.54) is 18.2 Å². The Labute approximate surface area is 266 Å². The van der Waals surface area contributed by atoms with Crippen LogP contribution in [0.2, 0.25) is 5.02 Å². The van der Waals surface area contributed by atoms with Gasteiger partial charge in [0.2, 0.25) is 5.91 Å². The number of benzene rings is 2. The molecular formula is C31H33ClF7NO5S. The van der Waals surface area contributed by atoms with E-state index in [0.29, 0.717) is 35.6 Å². The van der Waals surface area contributed by atoms with Crippen LogP contribution in [0.5, 0.6) is 0 Å². The largest absolute Gasteiger partial charge is 0.483 e. The molecule has 46 heavy (non-hydrogen) atoms. The summed E-state index contributed by atoms with van der Waals surface area (Å²) < 4.78 is 124. The van der Waals surface area contributed by atoms with Crippen LogP contribution in [0.4, 0.5) is 30.7 Å². The molecule has 2 fully saturated rings. The normalized spacial score (nSPS) is 23.1. The van der Waals surface area contributed by atoms with Gasteiger partial charge in [-0.1, -0.05) is 56.0 Å². The molecule has 1 saturated carbocycles. The zero-order valence-corrected chi connectivity index (χ0v) is 26.5. The summed E-state index contributed by atoms with van der Waals surface area (Å²) in [7, 11) is -4.43. The van der Waals surface area contributed by atoms with Crippen molar-refractivity contribution in [1.29, 1.82) is 0 Å². The second-order valence-electron chi connectivity index (χ2n) is 12.4. The highest BCUT2D eigenvalue weighted by atomic mass is 35.5. The molecule has 254 valence electrons. The van der Waals surface area contributed by atoms with Crippen LogP contribution in [0.15, 0.2) is 41.3 Å². The van der Waals surface area contributed by atoms with Crippen molar-refractivity contribution < 1.29 is 53.8 Å². The number of sulfone groups is 1. The number of amides is 1. The van der Waals surface area contributed by atoms with Gasteiger partial charge in [-0.15, -0.1) is 0 Å². The molecule has 2 aromatic rings. The van der Waals surface area contributed by atoms with E-state index in [4.69, 9.17) is 21.5 Å². The second-order valence-corrected chi connectivity index (χ2v) is 15.0. The van der Waals surface area contributed by atoms with Crippen LogP contribution in [0.1, 0.15) is 74.1 Å². The average molecular weight is 700 g/mol. The van der Waals surface area contributed by atoms with Crippen LogP contribution in [0.3, 0.4) is 0 Å². The monoisotopic (exact) mass is 699 g/mol. The molecule has 1 saturated heterocycles. The molecule has 0 aromatic heterocycles. The van der Waals surface area contributed by atoms with Crippen LogP contribution in [-0.2, 0) is 36.3 Å². The van der Waals surface area contributed by atoms with Crippen LogP contribution < -0.4 is 0 Å². The zero-order valence-electron chi connectivity index (χ0n) is 24.9. The first-order valence-corrected chi connectivity index (χ1v) is 16.4. The van der Waals surface area contributed by atoms with Crippen molar-refractivity contribution in [3.8, 4) is 0 Å². The summed E-state index contributed by atoms with van der Waals surface area (Å²) in [6, 6.07) is 4.86. The van der Waals surface area contributed by atoms with Gasteiger partial charge in [-0.2, -0.15) is 26.3 Å². The van der Waals surface area contributed by atoms with Crippen molar-refractivity contribution in [3.05, 3.63) is 63.7 Å². The van der Waals surface area contributed by atoms with Gasteiger partial charge in [-0.3, -0.25) is 9.59 Å². The second kappa shape index (κ2) is 12.3. The van der Waals surface area contributed by atoms with Crippen LogP contribution in [-0.4, -0.2) is 55.7 Å². The van der Waals surface area contributed by atoms with Gasteiger partial charge in [0, 0.05) is 22.5 Å². The fourth-order valence-electron chi connectivity index (χ4n) is 7.36. The van der Waals surface area contributed by atoms with Crippen molar-refractivity contribution in [3.63, 3.8) is 0 Å². The van der Waals surface area contributed by atoms with E-state index in [2.05, 4.69) is 0 Å². The molecule has 0 radical (unpaired) electrons. The minimum Gasteiger partial charge on any atom is -0.483 e. The maximum absolute atomic E-state index is 15.0. The number of hydrogen-bond acceptors (Lipinski definition) is 4. The van der Waals surface area contributed by atoms with Crippen molar-refractivity contribution in [1.82, 2.24) is 4.90 Å². The third-order valence-electron chi connectivity index (χ3n) is 9.72. The third kappa shape index (κ3) is 5.56. The lowest BCUT2D eigenvalue weighted by atomic mass is 9.73. The van der Waals surface area contributed by atoms with E-state index in [1.54, 1.807) is 11.8 Å². The SMILES string of the molecule is Cc1cc(S(=O)(=O)C23CCN(C(=O)C4(C)CCCCC4)C2CCc2cc(C(F)(C(F)(F)F)C(F)(F)F)ccc23)ccc1Cl.O=CO. The van der Waals surface area contributed by atoms with Gasteiger partial charge in [0.25, 0.3) is 6.47 Å². The van der Waals surface area contributed by atoms with Gasteiger partial charge in [0.15, 0.2) is 9.84 Å². The first kappa shape index (κ1) is 36.0. The van der Waals surface area contributed by atoms with E-state index < -0.39 is 49.6 Å². The quantitative estimate of drug-likeness (QED) is 0.260. The number of carbonyl (C=O) groups excluding carboxylic acids is 1. The predicted octanol–water partition coefficient (Wildman–Crippen LogP) is 7.83. The summed E-state index contributed by atoms with van der Waals surface area (Å²) in [5, 5.41) is 7.19. The Hall–Kier alpha value is -2.87. The number of alkyl halides is 7. The standard InChI is InChI=1S/C30H31ClF7NO3S.CH2O2/c1-18-16-21(8-10-23(18)31)43(41,42)27-14-15-39(25(40)26(2)12-4-3-5-13-26)24(27)11-6-19-17-20(7-9-22(19)27)28(32,29(33,34)35)30(36,37)38;2-1-3/h7-10,16-17,24H,3-6,11-15H2,1-2H3;1H,(H,2,3). The molecule has 2 unspecified atom stereocenters. The van der Waals surface area contributed by atoms with Crippen molar-refractivity contribution in [2.75, 3.05) is 6.54 Å². The van der Waals surface area contributed by atoms with Crippen LogP contribution in [0.25, 0.3) is 0 Å². The third-order valence-corrected chi connectivity index (χ3v) is 12.7. The van der Waals surface area contributed by atoms with Gasteiger partial charge < -0.3 is 10.0 Å². The van der Waals surface area contributed by atoms with Crippen molar-refractivity contribution in [2.45, 2.75) is 98.9 Å². The van der Waals surface area contributed by atoms with E-state index in [1.807, 2.05) is 6.92 Å². The first-order chi connectivity index (χ1) is 21.2. The summed E-state index contributed by atoms with van der Waals surface area (Å²) in [4.78, 5) is 23.8. The Balaban J connectivity index is 0.00000154. The highest BCUT2D eigenvalue weighted by molar-refractivity contribution is 7.92. The summed E-state index contributed by atoms with van der Waals surface area (Å²) in [6.07, 6.45) is -9.04. The molecule has 2 aliphatic carbocycles. The lowest BCUT2D eigenvalue weighted by Crippen LogP contribution is -2.55. The molecule has 3 aliphatic rings. The topological polar surface area (TPSA) is 91.8 Å². The molecule has 5 rings (SSSR count). The summed E-state index contributed by atoms with van der Waals surface area (Å²) >= 11 is 6.14. The average Bonchev–Trinajstić information content (AvgIpc) is 3.38. The summed E-state index contributed by atoms with van der Waals surface area (Å²) in [5.41, 5.74) is -7.74. The number of hydrogen-bond donors (Lipinski definition) is 1. The minimum atomic E-state index is -6.31. The molecule has 2 atom stereocenters. The van der Waals surface area contributed by atoms with Crippen LogP contribution in [0, 0.1) is 12.3 Å². The van der Waals surface area contributed by atoms with Gasteiger partial charge in [-0.25, -0.2) is 12.8 Å². The molecule has 1 amide bonds. The molecular weight excluding hydrogens is 667 g/mol.